The number of carbonyl (C=O) groups excluding carboxylic acids is 1. The van der Waals surface area contributed by atoms with Crippen LogP contribution in [0.4, 0.5) is 11.4 Å². The van der Waals surface area contributed by atoms with Crippen LogP contribution in [0.3, 0.4) is 0 Å². The fourth-order valence-corrected chi connectivity index (χ4v) is 1.74. The van der Waals surface area contributed by atoms with E-state index in [1.807, 2.05) is 12.1 Å². The molecule has 0 radical (unpaired) electrons. The van der Waals surface area contributed by atoms with Crippen LogP contribution in [0.25, 0.3) is 0 Å². The zero-order valence-corrected chi connectivity index (χ0v) is 11.6. The summed E-state index contributed by atoms with van der Waals surface area (Å²) in [7, 11) is 2.94. The Morgan fingerprint density at radius 1 is 1.05 bits per heavy atom. The van der Waals surface area contributed by atoms with Gasteiger partial charge in [0.2, 0.25) is 0 Å². The van der Waals surface area contributed by atoms with Crippen LogP contribution in [0.5, 0.6) is 17.2 Å². The molecule has 21 heavy (non-hydrogen) atoms. The van der Waals surface area contributed by atoms with Gasteiger partial charge in [0.05, 0.1) is 25.5 Å². The SMILES string of the molecule is COc1ccccc1N=Nc1cc(C=O)c(O)c(OC)c1. The van der Waals surface area contributed by atoms with Crippen LogP contribution in [-0.2, 0) is 0 Å². The van der Waals surface area contributed by atoms with Crippen LogP contribution in [-0.4, -0.2) is 25.6 Å². The van der Waals surface area contributed by atoms with Crippen molar-refractivity contribution < 1.29 is 19.4 Å². The Morgan fingerprint density at radius 3 is 2.43 bits per heavy atom. The number of nitrogens with zero attached hydrogens (tertiary/aromatic N) is 2. The molecule has 0 aliphatic carbocycles. The van der Waals surface area contributed by atoms with Crippen LogP contribution in [0, 0.1) is 0 Å². The fraction of sp³-hybridized carbons (Fsp3) is 0.133. The molecule has 108 valence electrons. The third kappa shape index (κ3) is 3.17. The van der Waals surface area contributed by atoms with Gasteiger partial charge in [-0.15, -0.1) is 5.11 Å². The maximum absolute atomic E-state index is 10.9. The lowest BCUT2D eigenvalue weighted by atomic mass is 10.2. The van der Waals surface area contributed by atoms with E-state index in [1.54, 1.807) is 19.2 Å². The average molecular weight is 286 g/mol. The summed E-state index contributed by atoms with van der Waals surface area (Å²) in [6, 6.07) is 10.1. The highest BCUT2D eigenvalue weighted by molar-refractivity contribution is 5.83. The molecule has 0 bridgehead atoms. The smallest absolute Gasteiger partial charge is 0.168 e. The first-order valence-corrected chi connectivity index (χ1v) is 6.10. The molecule has 2 aromatic rings. The number of benzene rings is 2. The Kier molecular flexibility index (Phi) is 4.50. The Morgan fingerprint density at radius 2 is 1.76 bits per heavy atom. The molecule has 2 rings (SSSR count). The van der Waals surface area contributed by atoms with Gasteiger partial charge in [-0.1, -0.05) is 12.1 Å². The molecule has 0 aromatic heterocycles. The highest BCUT2D eigenvalue weighted by Crippen LogP contribution is 2.35. The predicted molar refractivity (Wildman–Crippen MR) is 77.2 cm³/mol. The third-order valence-electron chi connectivity index (χ3n) is 2.79. The second-order valence-corrected chi connectivity index (χ2v) is 4.08. The minimum atomic E-state index is -0.219. The molecule has 1 N–H and O–H groups in total. The number of azo groups is 1. The summed E-state index contributed by atoms with van der Waals surface area (Å²) in [5, 5.41) is 17.8. The molecule has 0 heterocycles. The van der Waals surface area contributed by atoms with E-state index in [-0.39, 0.29) is 17.1 Å². The van der Waals surface area contributed by atoms with Gasteiger partial charge in [0.25, 0.3) is 0 Å². The lowest BCUT2D eigenvalue weighted by Gasteiger charge is -2.06. The van der Waals surface area contributed by atoms with Crippen molar-refractivity contribution in [3.05, 3.63) is 42.0 Å². The molecule has 0 aliphatic heterocycles. The van der Waals surface area contributed by atoms with Crippen molar-refractivity contribution in [2.24, 2.45) is 10.2 Å². The summed E-state index contributed by atoms with van der Waals surface area (Å²) in [6.45, 7) is 0. The van der Waals surface area contributed by atoms with Gasteiger partial charge in [-0.2, -0.15) is 5.11 Å². The molecular weight excluding hydrogens is 272 g/mol. The second kappa shape index (κ2) is 6.51. The number of aromatic hydroxyl groups is 1. The van der Waals surface area contributed by atoms with E-state index in [0.717, 1.165) is 0 Å². The molecule has 0 fully saturated rings. The number of phenolic OH excluding ortho intramolecular Hbond substituents is 1. The van der Waals surface area contributed by atoms with E-state index in [0.29, 0.717) is 23.4 Å². The fourth-order valence-electron chi connectivity index (χ4n) is 1.74. The zero-order chi connectivity index (χ0) is 15.2. The maximum Gasteiger partial charge on any atom is 0.168 e. The summed E-state index contributed by atoms with van der Waals surface area (Å²) in [5.74, 6) is 0.528. The topological polar surface area (TPSA) is 80.5 Å². The normalized spacial score (nSPS) is 10.6. The lowest BCUT2D eigenvalue weighted by Crippen LogP contribution is -1.88. The van der Waals surface area contributed by atoms with Gasteiger partial charge in [0.1, 0.15) is 11.4 Å². The third-order valence-corrected chi connectivity index (χ3v) is 2.79. The molecule has 2 aromatic carbocycles. The minimum absolute atomic E-state index is 0.0864. The second-order valence-electron chi connectivity index (χ2n) is 4.08. The van der Waals surface area contributed by atoms with E-state index in [9.17, 15) is 9.90 Å². The quantitative estimate of drug-likeness (QED) is 0.672. The van der Waals surface area contributed by atoms with E-state index in [2.05, 4.69) is 10.2 Å². The van der Waals surface area contributed by atoms with E-state index >= 15 is 0 Å². The monoisotopic (exact) mass is 286 g/mol. The van der Waals surface area contributed by atoms with Gasteiger partial charge in [-0.05, 0) is 18.2 Å². The van der Waals surface area contributed by atoms with Gasteiger partial charge < -0.3 is 14.6 Å². The van der Waals surface area contributed by atoms with Crippen LogP contribution >= 0.6 is 0 Å². The number of phenols is 1. The van der Waals surface area contributed by atoms with Crippen LogP contribution in [0.2, 0.25) is 0 Å². The van der Waals surface area contributed by atoms with Crippen molar-refractivity contribution in [2.75, 3.05) is 14.2 Å². The summed E-state index contributed by atoms with van der Waals surface area (Å²) in [6.07, 6.45) is 0.528. The van der Waals surface area contributed by atoms with Gasteiger partial charge in [0.15, 0.2) is 17.8 Å². The molecule has 6 nitrogen and oxygen atoms in total. The summed E-state index contributed by atoms with van der Waals surface area (Å²) >= 11 is 0. The number of carbonyl (C=O) groups is 1. The van der Waals surface area contributed by atoms with Crippen LogP contribution in [0.15, 0.2) is 46.6 Å². The molecule has 0 aliphatic rings. The first-order valence-electron chi connectivity index (χ1n) is 6.10. The maximum atomic E-state index is 10.9. The van der Waals surface area contributed by atoms with Crippen molar-refractivity contribution in [3.8, 4) is 17.2 Å². The zero-order valence-electron chi connectivity index (χ0n) is 11.6. The van der Waals surface area contributed by atoms with Crippen molar-refractivity contribution >= 4 is 17.7 Å². The average Bonchev–Trinajstić information content (AvgIpc) is 2.54. The highest BCUT2D eigenvalue weighted by atomic mass is 16.5. The molecule has 0 unspecified atom stereocenters. The standard InChI is InChI=1S/C15H14N2O4/c1-20-13-6-4-3-5-12(13)17-16-11-7-10(9-18)15(19)14(8-11)21-2/h3-9,19H,1-2H3. The van der Waals surface area contributed by atoms with E-state index in [4.69, 9.17) is 9.47 Å². The summed E-state index contributed by atoms with van der Waals surface area (Å²) in [4.78, 5) is 10.9. The first kappa shape index (κ1) is 14.5. The van der Waals surface area contributed by atoms with E-state index < -0.39 is 0 Å². The minimum Gasteiger partial charge on any atom is -0.504 e. The van der Waals surface area contributed by atoms with Crippen molar-refractivity contribution in [2.45, 2.75) is 0 Å². The number of para-hydroxylation sites is 1. The van der Waals surface area contributed by atoms with Gasteiger partial charge in [0, 0.05) is 6.07 Å². The molecular formula is C15H14N2O4. The highest BCUT2D eigenvalue weighted by Gasteiger charge is 2.10. The Hall–Kier alpha value is -2.89. The number of hydrogen-bond donors (Lipinski definition) is 1. The molecule has 0 amide bonds. The lowest BCUT2D eigenvalue weighted by molar-refractivity contribution is 0.112. The molecule has 0 spiro atoms. The van der Waals surface area contributed by atoms with Crippen LogP contribution in [0.1, 0.15) is 10.4 Å². The van der Waals surface area contributed by atoms with Crippen molar-refractivity contribution in [1.29, 1.82) is 0 Å². The van der Waals surface area contributed by atoms with Gasteiger partial charge in [-0.3, -0.25) is 4.79 Å². The van der Waals surface area contributed by atoms with Gasteiger partial charge >= 0.3 is 0 Å². The predicted octanol–water partition coefficient (Wildman–Crippen LogP) is 3.64. The Bertz CT molecular complexity index is 683. The molecule has 0 atom stereocenters. The number of hydrogen-bond acceptors (Lipinski definition) is 6. The number of ether oxygens (including phenoxy) is 2. The molecule has 0 saturated heterocycles. The molecule has 0 saturated carbocycles. The number of methoxy groups -OCH3 is 2. The Labute approximate surface area is 121 Å². The van der Waals surface area contributed by atoms with Crippen molar-refractivity contribution in [1.82, 2.24) is 0 Å². The van der Waals surface area contributed by atoms with Crippen LogP contribution < -0.4 is 9.47 Å². The number of aldehydes is 1. The summed E-state index contributed by atoms with van der Waals surface area (Å²) in [5.41, 5.74) is 1.03. The Balaban J connectivity index is 2.39. The largest absolute Gasteiger partial charge is 0.504 e. The first-order chi connectivity index (χ1) is 10.2. The molecule has 6 heteroatoms. The van der Waals surface area contributed by atoms with Gasteiger partial charge in [-0.25, -0.2) is 0 Å². The van der Waals surface area contributed by atoms with E-state index in [1.165, 1.54) is 19.2 Å². The van der Waals surface area contributed by atoms with Crippen molar-refractivity contribution in [3.63, 3.8) is 0 Å². The summed E-state index contributed by atoms with van der Waals surface area (Å²) < 4.78 is 10.2. The number of rotatable bonds is 5.